The number of rotatable bonds is 12. The van der Waals surface area contributed by atoms with E-state index in [1.807, 2.05) is 24.3 Å². The minimum absolute atomic E-state index is 0.0524. The predicted octanol–water partition coefficient (Wildman–Crippen LogP) is 9.55. The Labute approximate surface area is 211 Å². The summed E-state index contributed by atoms with van der Waals surface area (Å²) in [5.74, 6) is -0.261. The zero-order chi connectivity index (χ0) is 25.3. The van der Waals surface area contributed by atoms with Crippen LogP contribution in [0.4, 0.5) is 13.2 Å². The molecule has 4 heteroatoms. The van der Waals surface area contributed by atoms with Crippen LogP contribution in [0.15, 0.2) is 78.9 Å². The average molecular weight is 491 g/mol. The lowest BCUT2D eigenvalue weighted by atomic mass is 9.96. The number of benzene rings is 4. The van der Waals surface area contributed by atoms with Gasteiger partial charge in [-0.05, 0) is 65.5 Å². The van der Waals surface area contributed by atoms with Crippen LogP contribution in [0.2, 0.25) is 0 Å². The van der Waals surface area contributed by atoms with Gasteiger partial charge in [-0.25, -0.2) is 4.39 Å². The number of hydrogen-bond acceptors (Lipinski definition) is 1. The van der Waals surface area contributed by atoms with Gasteiger partial charge in [-0.15, -0.1) is 0 Å². The lowest BCUT2D eigenvalue weighted by Gasteiger charge is -2.10. The summed E-state index contributed by atoms with van der Waals surface area (Å²) in [5.41, 5.74) is 4.94. The molecule has 0 heterocycles. The van der Waals surface area contributed by atoms with Gasteiger partial charge >= 0.3 is 6.61 Å². The van der Waals surface area contributed by atoms with Gasteiger partial charge in [0.15, 0.2) is 0 Å². The van der Waals surface area contributed by atoms with E-state index in [0.29, 0.717) is 16.5 Å². The van der Waals surface area contributed by atoms with Crippen LogP contribution in [0.5, 0.6) is 5.75 Å². The largest absolute Gasteiger partial charge is 0.435 e. The highest BCUT2D eigenvalue weighted by molar-refractivity contribution is 5.88. The molecule has 0 atom stereocenters. The van der Waals surface area contributed by atoms with Crippen molar-refractivity contribution >= 4 is 10.8 Å². The Balaban J connectivity index is 1.38. The Morgan fingerprint density at radius 3 is 2.00 bits per heavy atom. The van der Waals surface area contributed by atoms with Crippen LogP contribution in [0.1, 0.15) is 55.7 Å². The van der Waals surface area contributed by atoms with Crippen molar-refractivity contribution in [2.45, 2.75) is 64.9 Å². The molecule has 4 rings (SSSR count). The SMILES string of the molecule is CCCCCCCc1ccc(CCc2ccc3c(F)c(-c4ccc(OC(F)F)cc4)ccc3c2)cc1. The molecule has 0 aliphatic rings. The molecule has 0 amide bonds. The van der Waals surface area contributed by atoms with E-state index in [9.17, 15) is 8.78 Å². The van der Waals surface area contributed by atoms with E-state index in [-0.39, 0.29) is 11.6 Å². The first-order valence-electron chi connectivity index (χ1n) is 12.9. The van der Waals surface area contributed by atoms with Crippen molar-refractivity contribution in [2.24, 2.45) is 0 Å². The Morgan fingerprint density at radius 2 is 1.31 bits per heavy atom. The summed E-state index contributed by atoms with van der Waals surface area (Å²) >= 11 is 0. The summed E-state index contributed by atoms with van der Waals surface area (Å²) in [6, 6.07) is 24.5. The zero-order valence-electron chi connectivity index (χ0n) is 20.8. The maximum Gasteiger partial charge on any atom is 0.387 e. The molecule has 4 aromatic carbocycles. The molecular weight excluding hydrogens is 457 g/mol. The first-order valence-corrected chi connectivity index (χ1v) is 12.9. The summed E-state index contributed by atoms with van der Waals surface area (Å²) in [7, 11) is 0. The van der Waals surface area contributed by atoms with Crippen molar-refractivity contribution in [2.75, 3.05) is 0 Å². The molecule has 0 saturated heterocycles. The number of unbranched alkanes of at least 4 members (excludes halogenated alkanes) is 4. The monoisotopic (exact) mass is 490 g/mol. The fourth-order valence-corrected chi connectivity index (χ4v) is 4.63. The van der Waals surface area contributed by atoms with Crippen molar-refractivity contribution in [3.8, 4) is 16.9 Å². The molecule has 0 saturated carbocycles. The number of aryl methyl sites for hydroxylation is 3. The number of ether oxygens (including phenoxy) is 1. The molecule has 0 fully saturated rings. The van der Waals surface area contributed by atoms with Crippen molar-refractivity contribution in [1.82, 2.24) is 0 Å². The second-order valence-electron chi connectivity index (χ2n) is 9.37. The number of halogens is 3. The first-order chi connectivity index (χ1) is 17.5. The minimum atomic E-state index is -2.88. The summed E-state index contributed by atoms with van der Waals surface area (Å²) in [6.07, 6.45) is 9.48. The lowest BCUT2D eigenvalue weighted by Crippen LogP contribution is -2.01. The number of fused-ring (bicyclic) bond motifs is 1. The van der Waals surface area contributed by atoms with Gasteiger partial charge in [0.2, 0.25) is 0 Å². The molecule has 0 unspecified atom stereocenters. The van der Waals surface area contributed by atoms with E-state index >= 15 is 4.39 Å². The van der Waals surface area contributed by atoms with Crippen LogP contribution < -0.4 is 4.74 Å². The quantitative estimate of drug-likeness (QED) is 0.180. The highest BCUT2D eigenvalue weighted by Gasteiger charge is 2.11. The zero-order valence-corrected chi connectivity index (χ0v) is 20.8. The molecule has 0 aromatic heterocycles. The fraction of sp³-hybridized carbons (Fsp3) is 0.312. The van der Waals surface area contributed by atoms with E-state index < -0.39 is 6.61 Å². The molecule has 188 valence electrons. The average Bonchev–Trinajstić information content (AvgIpc) is 2.88. The molecule has 4 aromatic rings. The number of hydrogen-bond donors (Lipinski definition) is 0. The molecule has 1 nitrogen and oxygen atoms in total. The van der Waals surface area contributed by atoms with Crippen molar-refractivity contribution in [3.63, 3.8) is 0 Å². The van der Waals surface area contributed by atoms with Crippen LogP contribution in [-0.2, 0) is 19.3 Å². The van der Waals surface area contributed by atoms with Gasteiger partial charge in [-0.1, -0.05) is 99.3 Å². The smallest absolute Gasteiger partial charge is 0.387 e. The van der Waals surface area contributed by atoms with Gasteiger partial charge in [0.1, 0.15) is 11.6 Å². The maximum absolute atomic E-state index is 15.3. The van der Waals surface area contributed by atoms with E-state index in [1.54, 1.807) is 18.2 Å². The highest BCUT2D eigenvalue weighted by atomic mass is 19.3. The fourth-order valence-electron chi connectivity index (χ4n) is 4.63. The van der Waals surface area contributed by atoms with Crippen molar-refractivity contribution < 1.29 is 17.9 Å². The summed E-state index contributed by atoms with van der Waals surface area (Å²) in [5, 5.41) is 1.40. The Kier molecular flexibility index (Phi) is 9.05. The predicted molar refractivity (Wildman–Crippen MR) is 142 cm³/mol. The first kappa shape index (κ1) is 25.8. The standard InChI is InChI=1S/C32H33F3O/c1-2-3-4-5-6-7-23-8-10-24(11-9-23)12-13-25-14-20-30-27(22-25)17-21-29(31(30)33)26-15-18-28(19-16-26)36-32(34)35/h8-11,14-22,32H,2-7,12-13H2,1H3. The maximum atomic E-state index is 15.3. The van der Waals surface area contributed by atoms with Gasteiger partial charge in [-0.2, -0.15) is 8.78 Å². The van der Waals surface area contributed by atoms with E-state index in [1.165, 1.54) is 60.9 Å². The van der Waals surface area contributed by atoms with E-state index in [4.69, 9.17) is 0 Å². The number of alkyl halides is 2. The Hall–Kier alpha value is -3.27. The van der Waals surface area contributed by atoms with Gasteiger partial charge in [-0.3, -0.25) is 0 Å². The van der Waals surface area contributed by atoms with E-state index in [0.717, 1.165) is 24.6 Å². The highest BCUT2D eigenvalue weighted by Crippen LogP contribution is 2.31. The molecule has 0 N–H and O–H groups in total. The van der Waals surface area contributed by atoms with Crippen LogP contribution in [0, 0.1) is 5.82 Å². The summed E-state index contributed by atoms with van der Waals surface area (Å²) < 4.78 is 44.4. The van der Waals surface area contributed by atoms with Crippen LogP contribution in [0.3, 0.4) is 0 Å². The molecule has 36 heavy (non-hydrogen) atoms. The molecule has 0 spiro atoms. The third-order valence-electron chi connectivity index (χ3n) is 6.70. The molecule has 0 aliphatic heterocycles. The Morgan fingerprint density at radius 1 is 0.667 bits per heavy atom. The van der Waals surface area contributed by atoms with Crippen molar-refractivity contribution in [1.29, 1.82) is 0 Å². The lowest BCUT2D eigenvalue weighted by molar-refractivity contribution is -0.0498. The molecular formula is C32H33F3O. The third kappa shape index (κ3) is 6.90. The van der Waals surface area contributed by atoms with Gasteiger partial charge in [0.25, 0.3) is 0 Å². The molecule has 0 bridgehead atoms. The minimum Gasteiger partial charge on any atom is -0.435 e. The van der Waals surface area contributed by atoms with Crippen molar-refractivity contribution in [3.05, 3.63) is 101 Å². The van der Waals surface area contributed by atoms with Crippen LogP contribution in [0.25, 0.3) is 21.9 Å². The third-order valence-corrected chi connectivity index (χ3v) is 6.70. The Bertz CT molecular complexity index is 1250. The topological polar surface area (TPSA) is 9.23 Å². The van der Waals surface area contributed by atoms with E-state index in [2.05, 4.69) is 35.9 Å². The summed E-state index contributed by atoms with van der Waals surface area (Å²) in [6.45, 7) is -0.641. The molecule has 0 aliphatic carbocycles. The van der Waals surface area contributed by atoms with Gasteiger partial charge < -0.3 is 4.74 Å². The van der Waals surface area contributed by atoms with Crippen LogP contribution in [-0.4, -0.2) is 6.61 Å². The molecule has 0 radical (unpaired) electrons. The van der Waals surface area contributed by atoms with Gasteiger partial charge in [0, 0.05) is 10.9 Å². The second-order valence-corrected chi connectivity index (χ2v) is 9.37. The van der Waals surface area contributed by atoms with Crippen LogP contribution >= 0.6 is 0 Å². The van der Waals surface area contributed by atoms with Gasteiger partial charge in [0.05, 0.1) is 0 Å². The second kappa shape index (κ2) is 12.6. The summed E-state index contributed by atoms with van der Waals surface area (Å²) in [4.78, 5) is 0. The normalized spacial score (nSPS) is 11.4.